The van der Waals surface area contributed by atoms with E-state index in [0.29, 0.717) is 18.0 Å². The molecule has 0 aliphatic carbocycles. The minimum Gasteiger partial charge on any atom is -0.342 e. The number of hydrogen-bond donors (Lipinski definition) is 0. The molecule has 3 nitrogen and oxygen atoms in total. The van der Waals surface area contributed by atoms with Crippen molar-refractivity contribution in [2.24, 2.45) is 0 Å². The molecule has 0 fully saturated rings. The van der Waals surface area contributed by atoms with Gasteiger partial charge in [-0.3, -0.25) is 4.79 Å². The Bertz CT molecular complexity index is 450. The molecule has 0 aliphatic heterocycles. The zero-order valence-electron chi connectivity index (χ0n) is 11.7. The topological polar surface area (TPSA) is 44.1 Å². The molecule has 0 N–H and O–H groups in total. The molecule has 0 radical (unpaired) electrons. The Morgan fingerprint density at radius 3 is 2.53 bits per heavy atom. The van der Waals surface area contributed by atoms with Gasteiger partial charge in [0, 0.05) is 18.8 Å². The number of nitrogens with zero attached hydrogens (tertiary/aromatic N) is 2. The van der Waals surface area contributed by atoms with Gasteiger partial charge in [0.1, 0.15) is 0 Å². The summed E-state index contributed by atoms with van der Waals surface area (Å²) in [5, 5.41) is 8.73. The zero-order valence-corrected chi connectivity index (χ0v) is 12.5. The third kappa shape index (κ3) is 4.60. The highest BCUT2D eigenvalue weighted by atomic mass is 32.2. The van der Waals surface area contributed by atoms with E-state index < -0.39 is 0 Å². The maximum atomic E-state index is 12.2. The minimum atomic E-state index is 0.130. The summed E-state index contributed by atoms with van der Waals surface area (Å²) in [6, 6.07) is 9.57. The predicted octanol–water partition coefficient (Wildman–Crippen LogP) is 2.70. The van der Waals surface area contributed by atoms with Gasteiger partial charge in [0.15, 0.2) is 0 Å². The first-order valence-corrected chi connectivity index (χ1v) is 7.75. The molecule has 1 aromatic carbocycles. The second-order valence-corrected chi connectivity index (χ2v) is 5.42. The lowest BCUT2D eigenvalue weighted by atomic mass is 10.1. The Morgan fingerprint density at radius 1 is 1.42 bits per heavy atom. The van der Waals surface area contributed by atoms with Crippen LogP contribution < -0.4 is 0 Å². The van der Waals surface area contributed by atoms with Crippen LogP contribution in [-0.2, 0) is 11.2 Å². The van der Waals surface area contributed by atoms with Gasteiger partial charge in [-0.1, -0.05) is 19.1 Å². The van der Waals surface area contributed by atoms with Crippen LogP contribution in [0.2, 0.25) is 0 Å². The fourth-order valence-electron chi connectivity index (χ4n) is 1.90. The molecule has 1 rings (SSSR count). The molecule has 0 saturated heterocycles. The smallest absolute Gasteiger partial charge is 0.227 e. The average molecular weight is 276 g/mol. The van der Waals surface area contributed by atoms with Gasteiger partial charge in [0.2, 0.25) is 5.91 Å². The summed E-state index contributed by atoms with van der Waals surface area (Å²) in [5.41, 5.74) is 1.58. The van der Waals surface area contributed by atoms with Crippen molar-refractivity contribution in [2.75, 3.05) is 19.1 Å². The predicted molar refractivity (Wildman–Crippen MR) is 80.1 cm³/mol. The number of thioether (sulfide) groups is 1. The Morgan fingerprint density at radius 2 is 2.05 bits per heavy atom. The molecule has 0 bridgehead atoms. The molecule has 19 heavy (non-hydrogen) atoms. The number of amides is 1. The minimum absolute atomic E-state index is 0.130. The van der Waals surface area contributed by atoms with E-state index >= 15 is 0 Å². The summed E-state index contributed by atoms with van der Waals surface area (Å²) in [6.07, 6.45) is 3.42. The third-order valence-corrected chi connectivity index (χ3v) is 3.93. The van der Waals surface area contributed by atoms with E-state index in [2.05, 4.69) is 19.2 Å². The van der Waals surface area contributed by atoms with Crippen molar-refractivity contribution >= 4 is 17.7 Å². The van der Waals surface area contributed by atoms with Gasteiger partial charge in [0.05, 0.1) is 18.1 Å². The second-order valence-electron chi connectivity index (χ2n) is 4.51. The van der Waals surface area contributed by atoms with Crippen molar-refractivity contribution in [1.82, 2.24) is 4.90 Å². The summed E-state index contributed by atoms with van der Waals surface area (Å²) in [4.78, 5) is 14.0. The summed E-state index contributed by atoms with van der Waals surface area (Å²) in [7, 11) is 1.87. The lowest BCUT2D eigenvalue weighted by molar-refractivity contribution is -0.130. The monoisotopic (exact) mass is 276 g/mol. The number of nitriles is 1. The molecule has 1 atom stereocenters. The highest BCUT2D eigenvalue weighted by Crippen LogP contribution is 2.11. The zero-order chi connectivity index (χ0) is 14.3. The lowest BCUT2D eigenvalue weighted by Gasteiger charge is -2.26. The van der Waals surface area contributed by atoms with Crippen LogP contribution in [0.1, 0.15) is 24.5 Å². The molecule has 1 aromatic rings. The van der Waals surface area contributed by atoms with E-state index in [1.807, 2.05) is 24.1 Å². The Kier molecular flexibility index (Phi) is 6.44. The largest absolute Gasteiger partial charge is 0.342 e. The number of carbonyl (C=O) groups excluding carboxylic acids is 1. The van der Waals surface area contributed by atoms with E-state index in [1.54, 1.807) is 23.9 Å². The lowest BCUT2D eigenvalue weighted by Crippen LogP contribution is -2.39. The maximum absolute atomic E-state index is 12.2. The van der Waals surface area contributed by atoms with Crippen molar-refractivity contribution in [1.29, 1.82) is 5.26 Å². The molecule has 1 unspecified atom stereocenters. The van der Waals surface area contributed by atoms with Crippen molar-refractivity contribution in [3.05, 3.63) is 35.4 Å². The fourth-order valence-corrected chi connectivity index (χ4v) is 2.74. The molecule has 0 spiro atoms. The normalized spacial score (nSPS) is 11.7. The van der Waals surface area contributed by atoms with Gasteiger partial charge >= 0.3 is 0 Å². The van der Waals surface area contributed by atoms with E-state index in [1.165, 1.54) is 0 Å². The van der Waals surface area contributed by atoms with E-state index in [0.717, 1.165) is 17.7 Å². The fraction of sp³-hybridized carbons (Fsp3) is 0.467. The van der Waals surface area contributed by atoms with Gasteiger partial charge in [0.25, 0.3) is 0 Å². The van der Waals surface area contributed by atoms with Crippen molar-refractivity contribution < 1.29 is 4.79 Å². The molecule has 0 aliphatic rings. The first kappa shape index (κ1) is 15.6. The molecule has 0 heterocycles. The standard InChI is InChI=1S/C15H20N2OS/c1-4-14(11-19-3)17(2)15(18)9-12-5-7-13(10-16)8-6-12/h5-8,14H,4,9,11H2,1-3H3. The summed E-state index contributed by atoms with van der Waals surface area (Å²) >= 11 is 1.76. The Labute approximate surface area is 119 Å². The summed E-state index contributed by atoms with van der Waals surface area (Å²) in [5.74, 6) is 1.09. The van der Waals surface area contributed by atoms with Crippen LogP contribution in [0, 0.1) is 11.3 Å². The van der Waals surface area contributed by atoms with E-state index in [9.17, 15) is 4.79 Å². The van der Waals surface area contributed by atoms with E-state index in [4.69, 9.17) is 5.26 Å². The quantitative estimate of drug-likeness (QED) is 0.802. The van der Waals surface area contributed by atoms with Gasteiger partial charge in [-0.15, -0.1) is 0 Å². The summed E-state index contributed by atoms with van der Waals surface area (Å²) in [6.45, 7) is 2.10. The van der Waals surface area contributed by atoms with Crippen LogP contribution in [0.3, 0.4) is 0 Å². The highest BCUT2D eigenvalue weighted by Gasteiger charge is 2.17. The number of rotatable bonds is 6. The third-order valence-electron chi connectivity index (χ3n) is 3.21. The first-order valence-electron chi connectivity index (χ1n) is 6.36. The number of hydrogen-bond acceptors (Lipinski definition) is 3. The maximum Gasteiger partial charge on any atom is 0.227 e. The molecular weight excluding hydrogens is 256 g/mol. The first-order chi connectivity index (χ1) is 9.12. The molecular formula is C15H20N2OS. The van der Waals surface area contributed by atoms with Gasteiger partial charge in [-0.25, -0.2) is 0 Å². The van der Waals surface area contributed by atoms with Crippen LogP contribution in [0.5, 0.6) is 0 Å². The highest BCUT2D eigenvalue weighted by molar-refractivity contribution is 7.98. The Balaban J connectivity index is 2.64. The summed E-state index contributed by atoms with van der Waals surface area (Å²) < 4.78 is 0. The molecule has 4 heteroatoms. The van der Waals surface area contributed by atoms with Gasteiger partial charge < -0.3 is 4.90 Å². The molecule has 102 valence electrons. The van der Waals surface area contributed by atoms with Crippen molar-refractivity contribution in [2.45, 2.75) is 25.8 Å². The van der Waals surface area contributed by atoms with Crippen molar-refractivity contribution in [3.8, 4) is 6.07 Å². The molecule has 0 aromatic heterocycles. The van der Waals surface area contributed by atoms with Crippen LogP contribution in [-0.4, -0.2) is 35.9 Å². The van der Waals surface area contributed by atoms with Crippen LogP contribution in [0.25, 0.3) is 0 Å². The van der Waals surface area contributed by atoms with Crippen LogP contribution >= 0.6 is 11.8 Å². The van der Waals surface area contributed by atoms with Gasteiger partial charge in [-0.2, -0.15) is 17.0 Å². The van der Waals surface area contributed by atoms with E-state index in [-0.39, 0.29) is 5.91 Å². The van der Waals surface area contributed by atoms with Crippen LogP contribution in [0.4, 0.5) is 0 Å². The second kappa shape index (κ2) is 7.85. The van der Waals surface area contributed by atoms with Crippen LogP contribution in [0.15, 0.2) is 24.3 Å². The average Bonchev–Trinajstić information content (AvgIpc) is 2.44. The van der Waals surface area contributed by atoms with Gasteiger partial charge in [-0.05, 0) is 30.4 Å². The SMILES string of the molecule is CCC(CSC)N(C)C(=O)Cc1ccc(C#N)cc1. The molecule has 1 amide bonds. The number of carbonyl (C=O) groups is 1. The van der Waals surface area contributed by atoms with Crippen molar-refractivity contribution in [3.63, 3.8) is 0 Å². The number of benzene rings is 1. The Hall–Kier alpha value is -1.47. The number of likely N-dealkylation sites (N-methyl/N-ethyl adjacent to an activating group) is 1. The molecule has 0 saturated carbocycles.